The lowest BCUT2D eigenvalue weighted by molar-refractivity contribution is -0.123. The third-order valence-corrected chi connectivity index (χ3v) is 4.21. The molecule has 122 valence electrons. The molecule has 1 atom stereocenters. The van der Waals surface area contributed by atoms with Crippen molar-refractivity contribution in [2.45, 2.75) is 19.9 Å². The molecular weight excluding hydrogens is 278 g/mol. The van der Waals surface area contributed by atoms with E-state index in [0.717, 1.165) is 37.5 Å². The van der Waals surface area contributed by atoms with Crippen molar-refractivity contribution in [1.29, 1.82) is 0 Å². The Kier molecular flexibility index (Phi) is 6.21. The number of carbonyl (C=O) groups is 1. The van der Waals surface area contributed by atoms with Crippen LogP contribution in [-0.2, 0) is 4.79 Å². The number of para-hydroxylation sites is 1. The summed E-state index contributed by atoms with van der Waals surface area (Å²) in [7, 11) is 2.15. The van der Waals surface area contributed by atoms with Crippen molar-refractivity contribution in [3.05, 3.63) is 29.8 Å². The van der Waals surface area contributed by atoms with Gasteiger partial charge in [0.15, 0.2) is 6.61 Å². The Balaban J connectivity index is 1.68. The van der Waals surface area contributed by atoms with Crippen LogP contribution >= 0.6 is 0 Å². The molecule has 0 aliphatic carbocycles. The highest BCUT2D eigenvalue weighted by atomic mass is 16.5. The summed E-state index contributed by atoms with van der Waals surface area (Å²) in [4.78, 5) is 16.7. The Hall–Kier alpha value is -1.59. The lowest BCUT2D eigenvalue weighted by atomic mass is 10.2. The van der Waals surface area contributed by atoms with Crippen molar-refractivity contribution in [2.24, 2.45) is 0 Å². The first kappa shape index (κ1) is 16.8. The van der Waals surface area contributed by atoms with Gasteiger partial charge in [0.1, 0.15) is 5.75 Å². The Morgan fingerprint density at radius 2 is 1.95 bits per heavy atom. The summed E-state index contributed by atoms with van der Waals surface area (Å²) in [5.74, 6) is 0.703. The van der Waals surface area contributed by atoms with Crippen molar-refractivity contribution in [2.75, 3.05) is 46.4 Å². The Morgan fingerprint density at radius 1 is 1.27 bits per heavy atom. The third-order valence-electron chi connectivity index (χ3n) is 4.21. The zero-order chi connectivity index (χ0) is 15.9. The molecule has 1 aliphatic heterocycles. The van der Waals surface area contributed by atoms with E-state index in [1.165, 1.54) is 0 Å². The minimum absolute atomic E-state index is 0.0655. The molecular formula is C17H27N3O2. The van der Waals surface area contributed by atoms with Crippen LogP contribution in [0.1, 0.15) is 12.5 Å². The van der Waals surface area contributed by atoms with Crippen molar-refractivity contribution < 1.29 is 9.53 Å². The number of hydrogen-bond donors (Lipinski definition) is 1. The van der Waals surface area contributed by atoms with Gasteiger partial charge in [0.25, 0.3) is 5.91 Å². The maximum atomic E-state index is 11.9. The molecule has 0 aromatic heterocycles. The number of carbonyl (C=O) groups excluding carboxylic acids is 1. The summed E-state index contributed by atoms with van der Waals surface area (Å²) in [5, 5.41) is 2.96. The molecule has 0 unspecified atom stereocenters. The average molecular weight is 305 g/mol. The number of likely N-dealkylation sites (N-methyl/N-ethyl adjacent to an activating group) is 1. The summed E-state index contributed by atoms with van der Waals surface area (Å²) in [6.07, 6.45) is 0. The number of ether oxygens (including phenoxy) is 1. The second-order valence-corrected chi connectivity index (χ2v) is 6.05. The minimum Gasteiger partial charge on any atom is -0.484 e. The van der Waals surface area contributed by atoms with E-state index in [0.29, 0.717) is 12.6 Å². The Bertz CT molecular complexity index is 485. The first-order valence-electron chi connectivity index (χ1n) is 7.94. The summed E-state index contributed by atoms with van der Waals surface area (Å²) >= 11 is 0. The molecule has 0 radical (unpaired) electrons. The highest BCUT2D eigenvalue weighted by molar-refractivity contribution is 5.77. The zero-order valence-corrected chi connectivity index (χ0v) is 13.8. The second-order valence-electron chi connectivity index (χ2n) is 6.05. The molecule has 5 nitrogen and oxygen atoms in total. The number of amides is 1. The first-order chi connectivity index (χ1) is 10.6. The molecule has 1 saturated heterocycles. The van der Waals surface area contributed by atoms with Gasteiger partial charge in [0, 0.05) is 38.8 Å². The number of nitrogens with one attached hydrogen (secondary N) is 1. The number of nitrogens with zero attached hydrogens (tertiary/aromatic N) is 2. The fraction of sp³-hybridized carbons (Fsp3) is 0.588. The van der Waals surface area contributed by atoms with E-state index >= 15 is 0 Å². The van der Waals surface area contributed by atoms with Crippen molar-refractivity contribution in [3.63, 3.8) is 0 Å². The Labute approximate surface area is 133 Å². The number of benzene rings is 1. The van der Waals surface area contributed by atoms with E-state index in [9.17, 15) is 4.79 Å². The van der Waals surface area contributed by atoms with Gasteiger partial charge in [0.05, 0.1) is 0 Å². The van der Waals surface area contributed by atoms with Gasteiger partial charge in [-0.05, 0) is 32.5 Å². The predicted molar refractivity (Wildman–Crippen MR) is 88.2 cm³/mol. The second kappa shape index (κ2) is 8.15. The van der Waals surface area contributed by atoms with Crippen LogP contribution in [0.3, 0.4) is 0 Å². The number of piperazine rings is 1. The van der Waals surface area contributed by atoms with Crippen LogP contribution in [0.25, 0.3) is 0 Å². The molecule has 0 bridgehead atoms. The standard InChI is InChI=1S/C17H27N3O2/c1-14-6-4-5-7-16(14)22-13-17(21)18-12-15(2)20-10-8-19(3)9-11-20/h4-7,15H,8-13H2,1-3H3,(H,18,21)/t15-/m0/s1. The van der Waals surface area contributed by atoms with Crippen molar-refractivity contribution in [1.82, 2.24) is 15.1 Å². The summed E-state index contributed by atoms with van der Waals surface area (Å²) < 4.78 is 5.56. The van der Waals surface area contributed by atoms with E-state index in [4.69, 9.17) is 4.74 Å². The SMILES string of the molecule is Cc1ccccc1OCC(=O)NC[C@H](C)N1CCN(C)CC1. The predicted octanol–water partition coefficient (Wildman–Crippen LogP) is 1.13. The van der Waals surface area contributed by atoms with Crippen molar-refractivity contribution >= 4 is 5.91 Å². The molecule has 5 heteroatoms. The topological polar surface area (TPSA) is 44.8 Å². The van der Waals surface area contributed by atoms with Crippen LogP contribution in [0.5, 0.6) is 5.75 Å². The zero-order valence-electron chi connectivity index (χ0n) is 13.8. The molecule has 1 aromatic carbocycles. The van der Waals surface area contributed by atoms with Gasteiger partial charge in [0.2, 0.25) is 0 Å². The number of aryl methyl sites for hydroxylation is 1. The smallest absolute Gasteiger partial charge is 0.257 e. The maximum Gasteiger partial charge on any atom is 0.257 e. The van der Waals surface area contributed by atoms with Gasteiger partial charge in [-0.1, -0.05) is 18.2 Å². The lowest BCUT2D eigenvalue weighted by Gasteiger charge is -2.36. The Morgan fingerprint density at radius 3 is 2.64 bits per heavy atom. The molecule has 2 rings (SSSR count). The third kappa shape index (κ3) is 5.00. The van der Waals surface area contributed by atoms with Crippen LogP contribution < -0.4 is 10.1 Å². The maximum absolute atomic E-state index is 11.9. The molecule has 1 fully saturated rings. The number of rotatable bonds is 6. The molecule has 1 heterocycles. The largest absolute Gasteiger partial charge is 0.484 e. The monoisotopic (exact) mass is 305 g/mol. The summed E-state index contributed by atoms with van der Waals surface area (Å²) in [6.45, 7) is 9.18. The van der Waals surface area contributed by atoms with Crippen molar-refractivity contribution in [3.8, 4) is 5.75 Å². The molecule has 1 aromatic rings. The van der Waals surface area contributed by atoms with Crippen LogP contribution in [0, 0.1) is 6.92 Å². The van der Waals surface area contributed by atoms with Gasteiger partial charge < -0.3 is 15.0 Å². The minimum atomic E-state index is -0.0655. The first-order valence-corrected chi connectivity index (χ1v) is 7.94. The van der Waals surface area contributed by atoms with E-state index in [1.54, 1.807) is 0 Å². The summed E-state index contributed by atoms with van der Waals surface area (Å²) in [6, 6.07) is 8.09. The molecule has 1 amide bonds. The molecule has 1 aliphatic rings. The van der Waals surface area contributed by atoms with Gasteiger partial charge in [-0.15, -0.1) is 0 Å². The van der Waals surface area contributed by atoms with E-state index in [2.05, 4.69) is 29.1 Å². The highest BCUT2D eigenvalue weighted by Crippen LogP contribution is 2.15. The van der Waals surface area contributed by atoms with E-state index in [-0.39, 0.29) is 12.5 Å². The molecule has 22 heavy (non-hydrogen) atoms. The fourth-order valence-corrected chi connectivity index (χ4v) is 2.57. The van der Waals surface area contributed by atoms with E-state index < -0.39 is 0 Å². The molecule has 0 spiro atoms. The normalized spacial score (nSPS) is 18.0. The van der Waals surface area contributed by atoms with Crippen LogP contribution in [-0.4, -0.2) is 68.1 Å². The number of hydrogen-bond acceptors (Lipinski definition) is 4. The van der Waals surface area contributed by atoms with Gasteiger partial charge in [-0.3, -0.25) is 9.69 Å². The van der Waals surface area contributed by atoms with E-state index in [1.807, 2.05) is 31.2 Å². The summed E-state index contributed by atoms with van der Waals surface area (Å²) in [5.41, 5.74) is 1.04. The van der Waals surface area contributed by atoms with Crippen LogP contribution in [0.4, 0.5) is 0 Å². The fourth-order valence-electron chi connectivity index (χ4n) is 2.57. The van der Waals surface area contributed by atoms with Crippen LogP contribution in [0.15, 0.2) is 24.3 Å². The lowest BCUT2D eigenvalue weighted by Crippen LogP contribution is -2.51. The average Bonchev–Trinajstić information content (AvgIpc) is 2.52. The van der Waals surface area contributed by atoms with Gasteiger partial charge in [-0.2, -0.15) is 0 Å². The quantitative estimate of drug-likeness (QED) is 0.856. The van der Waals surface area contributed by atoms with Gasteiger partial charge in [-0.25, -0.2) is 0 Å². The molecule has 0 saturated carbocycles. The highest BCUT2D eigenvalue weighted by Gasteiger charge is 2.19. The van der Waals surface area contributed by atoms with Crippen LogP contribution in [0.2, 0.25) is 0 Å². The molecule has 1 N–H and O–H groups in total. The van der Waals surface area contributed by atoms with Gasteiger partial charge >= 0.3 is 0 Å².